The molecule has 1 amide bonds. The number of hydrogen-bond donors (Lipinski definition) is 1. The molecule has 0 saturated carbocycles. The van der Waals surface area contributed by atoms with Crippen LogP contribution in [0.3, 0.4) is 0 Å². The number of likely N-dealkylation sites (tertiary alicyclic amines) is 2. The zero-order valence-electron chi connectivity index (χ0n) is 16.4. The Hall–Kier alpha value is -2.16. The molecule has 2 fully saturated rings. The maximum absolute atomic E-state index is 12.8. The average molecular weight is 418 g/mol. The monoisotopic (exact) mass is 417 g/mol. The first-order valence-electron chi connectivity index (χ1n) is 10.2. The van der Waals surface area contributed by atoms with Crippen molar-refractivity contribution in [2.24, 2.45) is 0 Å². The van der Waals surface area contributed by atoms with Crippen LogP contribution in [0.2, 0.25) is 0 Å². The Morgan fingerprint density at radius 3 is 2.34 bits per heavy atom. The first-order chi connectivity index (χ1) is 14.0. The van der Waals surface area contributed by atoms with Gasteiger partial charge in [0.2, 0.25) is 10.0 Å². The SMILES string of the molecule is O=C(c1ccc(S(=O)(=O)NCc2ccco2)cc1)N1CCC(N2CCCC2)CC1. The van der Waals surface area contributed by atoms with E-state index in [2.05, 4.69) is 9.62 Å². The second kappa shape index (κ2) is 8.69. The van der Waals surface area contributed by atoms with E-state index in [0.29, 0.717) is 17.4 Å². The Bertz CT molecular complexity index is 911. The van der Waals surface area contributed by atoms with Crippen LogP contribution in [0, 0.1) is 0 Å². The van der Waals surface area contributed by atoms with Crippen LogP contribution in [-0.4, -0.2) is 56.3 Å². The third kappa shape index (κ3) is 4.71. The molecule has 3 heterocycles. The van der Waals surface area contributed by atoms with Crippen molar-refractivity contribution in [1.82, 2.24) is 14.5 Å². The van der Waals surface area contributed by atoms with E-state index in [1.165, 1.54) is 44.3 Å². The van der Waals surface area contributed by atoms with Crippen LogP contribution in [0.25, 0.3) is 0 Å². The summed E-state index contributed by atoms with van der Waals surface area (Å²) in [5.41, 5.74) is 0.523. The molecule has 0 bridgehead atoms. The van der Waals surface area contributed by atoms with Gasteiger partial charge >= 0.3 is 0 Å². The molecule has 0 spiro atoms. The van der Waals surface area contributed by atoms with Crippen LogP contribution >= 0.6 is 0 Å². The van der Waals surface area contributed by atoms with Gasteiger partial charge in [-0.3, -0.25) is 4.79 Å². The maximum Gasteiger partial charge on any atom is 0.253 e. The highest BCUT2D eigenvalue weighted by Gasteiger charge is 2.28. The standard InChI is InChI=1S/C21H27N3O4S/c25-21(24-13-9-18(10-14-24)23-11-1-2-12-23)17-5-7-20(8-6-17)29(26,27)22-16-19-4-3-15-28-19/h3-8,15,18,22H,1-2,9-14,16H2. The lowest BCUT2D eigenvalue weighted by atomic mass is 10.0. The van der Waals surface area contributed by atoms with E-state index < -0.39 is 10.0 Å². The summed E-state index contributed by atoms with van der Waals surface area (Å²) >= 11 is 0. The summed E-state index contributed by atoms with van der Waals surface area (Å²) in [6.45, 7) is 3.96. The van der Waals surface area contributed by atoms with Gasteiger partial charge in [-0.2, -0.15) is 0 Å². The molecule has 1 aromatic carbocycles. The Labute approximate surface area is 171 Å². The third-order valence-electron chi connectivity index (χ3n) is 5.84. The molecule has 156 valence electrons. The molecule has 2 aliphatic rings. The van der Waals surface area contributed by atoms with Crippen molar-refractivity contribution in [3.63, 3.8) is 0 Å². The molecular formula is C21H27N3O4S. The normalized spacial score (nSPS) is 19.0. The highest BCUT2D eigenvalue weighted by Crippen LogP contribution is 2.22. The Kier molecular flexibility index (Phi) is 6.03. The number of carbonyl (C=O) groups is 1. The lowest BCUT2D eigenvalue weighted by Gasteiger charge is -2.36. The number of rotatable bonds is 6. The van der Waals surface area contributed by atoms with Crippen LogP contribution in [-0.2, 0) is 16.6 Å². The minimum Gasteiger partial charge on any atom is -0.468 e. The summed E-state index contributed by atoms with van der Waals surface area (Å²) in [6, 6.07) is 10.2. The van der Waals surface area contributed by atoms with Crippen molar-refractivity contribution in [3.05, 3.63) is 54.0 Å². The summed E-state index contributed by atoms with van der Waals surface area (Å²) in [4.78, 5) is 17.4. The van der Waals surface area contributed by atoms with E-state index >= 15 is 0 Å². The molecule has 0 atom stereocenters. The molecule has 1 N–H and O–H groups in total. The fourth-order valence-electron chi connectivity index (χ4n) is 4.16. The zero-order chi connectivity index (χ0) is 20.3. The Morgan fingerprint density at radius 2 is 1.72 bits per heavy atom. The molecule has 2 aliphatic heterocycles. The van der Waals surface area contributed by atoms with Crippen molar-refractivity contribution in [2.75, 3.05) is 26.2 Å². The quantitative estimate of drug-likeness (QED) is 0.781. The lowest BCUT2D eigenvalue weighted by Crippen LogP contribution is -2.45. The molecule has 2 saturated heterocycles. The molecule has 7 nitrogen and oxygen atoms in total. The second-order valence-corrected chi connectivity index (χ2v) is 9.46. The van der Waals surface area contributed by atoms with E-state index in [4.69, 9.17) is 4.42 Å². The fraction of sp³-hybridized carbons (Fsp3) is 0.476. The van der Waals surface area contributed by atoms with E-state index in [1.807, 2.05) is 4.90 Å². The number of piperidine rings is 1. The molecule has 1 aromatic heterocycles. The smallest absolute Gasteiger partial charge is 0.253 e. The number of sulfonamides is 1. The molecular weight excluding hydrogens is 390 g/mol. The molecule has 0 unspecified atom stereocenters. The van der Waals surface area contributed by atoms with Crippen LogP contribution in [0.4, 0.5) is 0 Å². The number of amides is 1. The van der Waals surface area contributed by atoms with Gasteiger partial charge in [0.25, 0.3) is 5.91 Å². The average Bonchev–Trinajstić information content (AvgIpc) is 3.46. The van der Waals surface area contributed by atoms with Gasteiger partial charge in [0.05, 0.1) is 17.7 Å². The molecule has 4 rings (SSSR count). The summed E-state index contributed by atoms with van der Waals surface area (Å²) in [5, 5.41) is 0. The fourth-order valence-corrected chi connectivity index (χ4v) is 5.16. The lowest BCUT2D eigenvalue weighted by molar-refractivity contribution is 0.0644. The summed E-state index contributed by atoms with van der Waals surface area (Å²) < 4.78 is 32.5. The number of carbonyl (C=O) groups excluding carboxylic acids is 1. The van der Waals surface area contributed by atoms with Crippen molar-refractivity contribution >= 4 is 15.9 Å². The maximum atomic E-state index is 12.8. The van der Waals surface area contributed by atoms with E-state index in [9.17, 15) is 13.2 Å². The third-order valence-corrected chi connectivity index (χ3v) is 7.25. The first-order valence-corrected chi connectivity index (χ1v) is 11.7. The number of benzene rings is 1. The van der Waals surface area contributed by atoms with Gasteiger partial charge in [0.1, 0.15) is 5.76 Å². The minimum absolute atomic E-state index is 0.0302. The van der Waals surface area contributed by atoms with E-state index in [-0.39, 0.29) is 17.3 Å². The van der Waals surface area contributed by atoms with E-state index in [0.717, 1.165) is 25.9 Å². The van der Waals surface area contributed by atoms with Crippen molar-refractivity contribution in [1.29, 1.82) is 0 Å². The van der Waals surface area contributed by atoms with Gasteiger partial charge in [-0.25, -0.2) is 13.1 Å². The van der Waals surface area contributed by atoms with Crippen molar-refractivity contribution in [3.8, 4) is 0 Å². The zero-order valence-corrected chi connectivity index (χ0v) is 17.2. The minimum atomic E-state index is -3.66. The molecule has 8 heteroatoms. The number of nitrogens with zero attached hydrogens (tertiary/aromatic N) is 2. The number of hydrogen-bond acceptors (Lipinski definition) is 5. The van der Waals surface area contributed by atoms with Gasteiger partial charge in [-0.15, -0.1) is 0 Å². The molecule has 0 radical (unpaired) electrons. The van der Waals surface area contributed by atoms with Crippen molar-refractivity contribution < 1.29 is 17.6 Å². The predicted molar refractivity (Wildman–Crippen MR) is 109 cm³/mol. The van der Waals surface area contributed by atoms with Crippen molar-refractivity contribution in [2.45, 2.75) is 43.2 Å². The Morgan fingerprint density at radius 1 is 1.03 bits per heavy atom. The number of furan rings is 1. The number of nitrogens with one attached hydrogen (secondary N) is 1. The van der Waals surface area contributed by atoms with Gasteiger partial charge in [0.15, 0.2) is 0 Å². The highest BCUT2D eigenvalue weighted by atomic mass is 32.2. The highest BCUT2D eigenvalue weighted by molar-refractivity contribution is 7.89. The van der Waals surface area contributed by atoms with Crippen LogP contribution < -0.4 is 4.72 Å². The largest absolute Gasteiger partial charge is 0.468 e. The second-order valence-electron chi connectivity index (χ2n) is 7.69. The first kappa shape index (κ1) is 20.1. The molecule has 0 aliphatic carbocycles. The van der Waals surface area contributed by atoms with E-state index in [1.54, 1.807) is 24.3 Å². The van der Waals surface area contributed by atoms with Gasteiger partial charge in [-0.1, -0.05) is 0 Å². The Balaban J connectivity index is 1.34. The molecule has 2 aromatic rings. The van der Waals surface area contributed by atoms with Crippen LogP contribution in [0.1, 0.15) is 41.8 Å². The summed E-state index contributed by atoms with van der Waals surface area (Å²) in [5.74, 6) is 0.509. The van der Waals surface area contributed by atoms with Gasteiger partial charge in [0, 0.05) is 24.7 Å². The molecule has 29 heavy (non-hydrogen) atoms. The van der Waals surface area contributed by atoms with Crippen LogP contribution in [0.15, 0.2) is 52.0 Å². The summed E-state index contributed by atoms with van der Waals surface area (Å²) in [7, 11) is -3.66. The van der Waals surface area contributed by atoms with Crippen LogP contribution in [0.5, 0.6) is 0 Å². The predicted octanol–water partition coefficient (Wildman–Crippen LogP) is 2.46. The topological polar surface area (TPSA) is 82.9 Å². The van der Waals surface area contributed by atoms with Gasteiger partial charge in [-0.05, 0) is 75.2 Å². The summed E-state index contributed by atoms with van der Waals surface area (Å²) in [6.07, 6.45) is 6.08. The van der Waals surface area contributed by atoms with Gasteiger partial charge < -0.3 is 14.2 Å².